The van der Waals surface area contributed by atoms with Crippen molar-refractivity contribution < 1.29 is 0 Å². The molecule has 2 nitrogen and oxygen atoms in total. The zero-order chi connectivity index (χ0) is 14.7. The molecule has 1 heterocycles. The van der Waals surface area contributed by atoms with Gasteiger partial charge in [0, 0.05) is 17.8 Å². The van der Waals surface area contributed by atoms with E-state index in [4.69, 9.17) is 5.73 Å². The van der Waals surface area contributed by atoms with Crippen LogP contribution in [0.15, 0.2) is 72.9 Å². The van der Waals surface area contributed by atoms with Crippen molar-refractivity contribution in [3.8, 4) is 22.4 Å². The molecule has 0 aliphatic carbocycles. The maximum absolute atomic E-state index is 5.88. The van der Waals surface area contributed by atoms with E-state index in [1.54, 1.807) is 0 Å². The highest BCUT2D eigenvalue weighted by Gasteiger charge is 2.02. The molecule has 104 valence electrons. The van der Waals surface area contributed by atoms with Crippen molar-refractivity contribution in [2.75, 3.05) is 0 Å². The fourth-order valence-corrected chi connectivity index (χ4v) is 2.35. The van der Waals surface area contributed by atoms with Gasteiger partial charge in [-0.15, -0.1) is 0 Å². The van der Waals surface area contributed by atoms with Crippen LogP contribution in [0.2, 0.25) is 0 Å². The van der Waals surface area contributed by atoms with Gasteiger partial charge in [0.25, 0.3) is 0 Å². The zero-order valence-electron chi connectivity index (χ0n) is 12.0. The lowest BCUT2D eigenvalue weighted by molar-refractivity contribution is 0.818. The van der Waals surface area contributed by atoms with Crippen molar-refractivity contribution in [2.24, 2.45) is 5.73 Å². The number of nitrogens with two attached hydrogens (primary N) is 1. The van der Waals surface area contributed by atoms with Crippen LogP contribution in [0, 0.1) is 0 Å². The minimum Gasteiger partial charge on any atom is -0.324 e. The first-order valence-electron chi connectivity index (χ1n) is 7.11. The molecular formula is C19H18N2. The Morgan fingerprint density at radius 3 is 1.86 bits per heavy atom. The first-order chi connectivity index (χ1) is 10.2. The number of benzene rings is 2. The summed E-state index contributed by atoms with van der Waals surface area (Å²) in [6.07, 6.45) is 1.82. The first kappa shape index (κ1) is 13.5. The molecule has 3 rings (SSSR count). The summed E-state index contributed by atoms with van der Waals surface area (Å²) >= 11 is 0. The van der Waals surface area contributed by atoms with Crippen LogP contribution >= 0.6 is 0 Å². The molecule has 1 aromatic heterocycles. The van der Waals surface area contributed by atoms with Crippen LogP contribution in [0.25, 0.3) is 22.4 Å². The standard InChI is InChI=1S/C19H18N2/c1-14(20)15-5-7-16(8-6-15)17-9-11-18(12-10-17)19-4-2-3-13-21-19/h2-14H,20H2,1H3. The summed E-state index contributed by atoms with van der Waals surface area (Å²) in [5.41, 5.74) is 11.6. The Labute approximate surface area is 125 Å². The number of nitrogens with zero attached hydrogens (tertiary/aromatic N) is 1. The fraction of sp³-hybridized carbons (Fsp3) is 0.105. The molecule has 2 N–H and O–H groups in total. The Morgan fingerprint density at radius 2 is 1.33 bits per heavy atom. The van der Waals surface area contributed by atoms with Gasteiger partial charge < -0.3 is 5.73 Å². The number of hydrogen-bond donors (Lipinski definition) is 1. The molecule has 1 unspecified atom stereocenters. The highest BCUT2D eigenvalue weighted by atomic mass is 14.7. The average molecular weight is 274 g/mol. The van der Waals surface area contributed by atoms with Crippen molar-refractivity contribution >= 4 is 0 Å². The molecule has 1 atom stereocenters. The van der Waals surface area contributed by atoms with Crippen LogP contribution in [-0.4, -0.2) is 4.98 Å². The monoisotopic (exact) mass is 274 g/mol. The molecule has 2 aromatic carbocycles. The molecule has 0 aliphatic rings. The molecule has 21 heavy (non-hydrogen) atoms. The molecule has 0 saturated heterocycles. The Bertz CT molecular complexity index is 699. The number of rotatable bonds is 3. The molecule has 0 bridgehead atoms. The second-order valence-electron chi connectivity index (χ2n) is 5.20. The quantitative estimate of drug-likeness (QED) is 0.767. The summed E-state index contributed by atoms with van der Waals surface area (Å²) in [5, 5.41) is 0. The lowest BCUT2D eigenvalue weighted by Crippen LogP contribution is -2.04. The summed E-state index contributed by atoms with van der Waals surface area (Å²) in [5.74, 6) is 0. The van der Waals surface area contributed by atoms with E-state index in [-0.39, 0.29) is 6.04 Å². The number of pyridine rings is 1. The van der Waals surface area contributed by atoms with E-state index in [0.717, 1.165) is 16.8 Å². The zero-order valence-corrected chi connectivity index (χ0v) is 12.0. The van der Waals surface area contributed by atoms with Gasteiger partial charge in [0.1, 0.15) is 0 Å². The molecule has 3 aromatic rings. The predicted octanol–water partition coefficient (Wildman–Crippen LogP) is 4.44. The third-order valence-electron chi connectivity index (χ3n) is 3.62. The molecule has 0 fully saturated rings. The third kappa shape index (κ3) is 3.01. The second-order valence-corrected chi connectivity index (χ2v) is 5.20. The van der Waals surface area contributed by atoms with E-state index in [0.29, 0.717) is 0 Å². The molecule has 0 radical (unpaired) electrons. The Kier molecular flexibility index (Phi) is 3.80. The van der Waals surface area contributed by atoms with Crippen LogP contribution in [0.5, 0.6) is 0 Å². The molecular weight excluding hydrogens is 256 g/mol. The Hall–Kier alpha value is -2.45. The highest BCUT2D eigenvalue weighted by molar-refractivity contribution is 5.68. The van der Waals surface area contributed by atoms with Gasteiger partial charge >= 0.3 is 0 Å². The van der Waals surface area contributed by atoms with Gasteiger partial charge in [-0.1, -0.05) is 54.6 Å². The molecule has 0 aliphatic heterocycles. The van der Waals surface area contributed by atoms with Crippen molar-refractivity contribution in [2.45, 2.75) is 13.0 Å². The van der Waals surface area contributed by atoms with Crippen LogP contribution in [0.3, 0.4) is 0 Å². The van der Waals surface area contributed by atoms with Crippen molar-refractivity contribution in [3.05, 3.63) is 78.5 Å². The first-order valence-corrected chi connectivity index (χ1v) is 7.11. The largest absolute Gasteiger partial charge is 0.324 e. The topological polar surface area (TPSA) is 38.9 Å². The van der Waals surface area contributed by atoms with E-state index < -0.39 is 0 Å². The van der Waals surface area contributed by atoms with Crippen molar-refractivity contribution in [1.82, 2.24) is 4.98 Å². The van der Waals surface area contributed by atoms with Gasteiger partial charge in [-0.25, -0.2) is 0 Å². The predicted molar refractivity (Wildman–Crippen MR) is 87.7 cm³/mol. The number of hydrogen-bond acceptors (Lipinski definition) is 2. The average Bonchev–Trinajstić information content (AvgIpc) is 2.56. The molecule has 0 spiro atoms. The highest BCUT2D eigenvalue weighted by Crippen LogP contribution is 2.24. The second kappa shape index (κ2) is 5.90. The van der Waals surface area contributed by atoms with Crippen molar-refractivity contribution in [1.29, 1.82) is 0 Å². The fourth-order valence-electron chi connectivity index (χ4n) is 2.35. The summed E-state index contributed by atoms with van der Waals surface area (Å²) in [6.45, 7) is 2.00. The van der Waals surface area contributed by atoms with Gasteiger partial charge in [-0.05, 0) is 35.7 Å². The summed E-state index contributed by atoms with van der Waals surface area (Å²) in [6, 6.07) is 22.9. The minimum atomic E-state index is 0.0746. The summed E-state index contributed by atoms with van der Waals surface area (Å²) in [7, 11) is 0. The van der Waals surface area contributed by atoms with E-state index in [1.165, 1.54) is 11.1 Å². The van der Waals surface area contributed by atoms with Gasteiger partial charge in [-0.3, -0.25) is 4.98 Å². The third-order valence-corrected chi connectivity index (χ3v) is 3.62. The lowest BCUT2D eigenvalue weighted by atomic mass is 10.00. The van der Waals surface area contributed by atoms with E-state index in [2.05, 4.69) is 53.5 Å². The van der Waals surface area contributed by atoms with Crippen LogP contribution < -0.4 is 5.73 Å². The lowest BCUT2D eigenvalue weighted by Gasteiger charge is -2.08. The van der Waals surface area contributed by atoms with Gasteiger partial charge in [0.2, 0.25) is 0 Å². The van der Waals surface area contributed by atoms with Gasteiger partial charge in [-0.2, -0.15) is 0 Å². The van der Waals surface area contributed by atoms with Crippen LogP contribution in [0.1, 0.15) is 18.5 Å². The van der Waals surface area contributed by atoms with Gasteiger partial charge in [0.05, 0.1) is 5.69 Å². The Balaban J connectivity index is 1.87. The van der Waals surface area contributed by atoms with E-state index in [1.807, 2.05) is 31.3 Å². The van der Waals surface area contributed by atoms with Crippen LogP contribution in [-0.2, 0) is 0 Å². The maximum atomic E-state index is 5.88. The van der Waals surface area contributed by atoms with Crippen LogP contribution in [0.4, 0.5) is 0 Å². The number of aromatic nitrogens is 1. The SMILES string of the molecule is CC(N)c1ccc(-c2ccc(-c3ccccn3)cc2)cc1. The van der Waals surface area contributed by atoms with Crippen molar-refractivity contribution in [3.63, 3.8) is 0 Å². The summed E-state index contributed by atoms with van der Waals surface area (Å²) in [4.78, 5) is 4.37. The molecule has 2 heteroatoms. The Morgan fingerprint density at radius 1 is 0.762 bits per heavy atom. The maximum Gasteiger partial charge on any atom is 0.0701 e. The molecule has 0 saturated carbocycles. The normalized spacial score (nSPS) is 12.1. The van der Waals surface area contributed by atoms with Gasteiger partial charge in [0.15, 0.2) is 0 Å². The summed E-state index contributed by atoms with van der Waals surface area (Å²) < 4.78 is 0. The van der Waals surface area contributed by atoms with E-state index >= 15 is 0 Å². The molecule has 0 amide bonds. The smallest absolute Gasteiger partial charge is 0.0701 e. The van der Waals surface area contributed by atoms with E-state index in [9.17, 15) is 0 Å². The minimum absolute atomic E-state index is 0.0746.